The lowest BCUT2D eigenvalue weighted by atomic mass is 10.1. The Bertz CT molecular complexity index is 889. The Labute approximate surface area is 160 Å². The Morgan fingerprint density at radius 1 is 1.00 bits per heavy atom. The van der Waals surface area contributed by atoms with Crippen molar-refractivity contribution in [1.29, 1.82) is 0 Å². The van der Waals surface area contributed by atoms with Gasteiger partial charge in [-0.15, -0.1) is 0 Å². The SMILES string of the molecule is Cc1cccc(Nc2ccc(C(=O)N(Cc3ccccc3)C(C)C)nc2)c1. The number of hydrogen-bond donors (Lipinski definition) is 1. The van der Waals surface area contributed by atoms with E-state index < -0.39 is 0 Å². The summed E-state index contributed by atoms with van der Waals surface area (Å²) in [5, 5.41) is 3.32. The van der Waals surface area contributed by atoms with E-state index in [1.807, 2.05) is 67.3 Å². The zero-order valence-electron chi connectivity index (χ0n) is 16.0. The van der Waals surface area contributed by atoms with Crippen LogP contribution in [0.15, 0.2) is 72.9 Å². The number of aromatic nitrogens is 1. The van der Waals surface area contributed by atoms with E-state index in [9.17, 15) is 4.79 Å². The van der Waals surface area contributed by atoms with Crippen molar-refractivity contribution in [1.82, 2.24) is 9.88 Å². The third-order valence-corrected chi connectivity index (χ3v) is 4.37. The Balaban J connectivity index is 1.73. The monoisotopic (exact) mass is 359 g/mol. The third-order valence-electron chi connectivity index (χ3n) is 4.37. The summed E-state index contributed by atoms with van der Waals surface area (Å²) in [5.41, 5.74) is 4.61. The second-order valence-corrected chi connectivity index (χ2v) is 6.94. The predicted octanol–water partition coefficient (Wildman–Crippen LogP) is 5.18. The van der Waals surface area contributed by atoms with Crippen LogP contribution in [0, 0.1) is 6.92 Å². The highest BCUT2D eigenvalue weighted by atomic mass is 16.2. The Hall–Kier alpha value is -3.14. The fourth-order valence-electron chi connectivity index (χ4n) is 2.90. The van der Waals surface area contributed by atoms with Gasteiger partial charge in [0.05, 0.1) is 11.9 Å². The summed E-state index contributed by atoms with van der Waals surface area (Å²) in [6.07, 6.45) is 1.70. The summed E-state index contributed by atoms with van der Waals surface area (Å²) < 4.78 is 0. The van der Waals surface area contributed by atoms with Gasteiger partial charge in [-0.1, -0.05) is 42.5 Å². The van der Waals surface area contributed by atoms with E-state index in [1.54, 1.807) is 12.3 Å². The highest BCUT2D eigenvalue weighted by Crippen LogP contribution is 2.18. The summed E-state index contributed by atoms with van der Waals surface area (Å²) in [7, 11) is 0. The van der Waals surface area contributed by atoms with E-state index in [0.717, 1.165) is 16.9 Å². The molecular weight excluding hydrogens is 334 g/mol. The van der Waals surface area contributed by atoms with Crippen molar-refractivity contribution in [2.24, 2.45) is 0 Å². The van der Waals surface area contributed by atoms with Gasteiger partial charge < -0.3 is 10.2 Å². The van der Waals surface area contributed by atoms with Gasteiger partial charge in [-0.2, -0.15) is 0 Å². The minimum absolute atomic E-state index is 0.0593. The number of hydrogen-bond acceptors (Lipinski definition) is 3. The highest BCUT2D eigenvalue weighted by molar-refractivity contribution is 5.92. The molecule has 0 saturated carbocycles. The fraction of sp³-hybridized carbons (Fsp3) is 0.217. The van der Waals surface area contributed by atoms with Crippen LogP contribution in [-0.4, -0.2) is 21.8 Å². The van der Waals surface area contributed by atoms with Crippen LogP contribution in [0.3, 0.4) is 0 Å². The molecule has 0 aliphatic carbocycles. The minimum atomic E-state index is -0.0593. The van der Waals surface area contributed by atoms with Crippen LogP contribution in [0.25, 0.3) is 0 Å². The van der Waals surface area contributed by atoms with E-state index in [1.165, 1.54) is 5.56 Å². The number of pyridine rings is 1. The van der Waals surface area contributed by atoms with Crippen molar-refractivity contribution in [3.63, 3.8) is 0 Å². The zero-order chi connectivity index (χ0) is 19.2. The molecule has 1 aromatic heterocycles. The smallest absolute Gasteiger partial charge is 0.272 e. The van der Waals surface area contributed by atoms with Crippen LogP contribution in [0.1, 0.15) is 35.5 Å². The average molecular weight is 359 g/mol. The van der Waals surface area contributed by atoms with E-state index in [0.29, 0.717) is 12.2 Å². The van der Waals surface area contributed by atoms with Crippen LogP contribution in [-0.2, 0) is 6.54 Å². The molecule has 1 amide bonds. The molecule has 0 radical (unpaired) electrons. The van der Waals surface area contributed by atoms with Crippen molar-refractivity contribution >= 4 is 17.3 Å². The number of benzene rings is 2. The molecule has 0 aliphatic heterocycles. The Kier molecular flexibility index (Phi) is 5.87. The number of carbonyl (C=O) groups is 1. The first-order chi connectivity index (χ1) is 13.0. The molecule has 0 bridgehead atoms. The predicted molar refractivity (Wildman–Crippen MR) is 110 cm³/mol. The molecule has 0 atom stereocenters. The van der Waals surface area contributed by atoms with Gasteiger partial charge in [-0.05, 0) is 56.2 Å². The molecule has 1 N–H and O–H groups in total. The number of carbonyl (C=O) groups excluding carboxylic acids is 1. The van der Waals surface area contributed by atoms with Gasteiger partial charge in [0, 0.05) is 18.3 Å². The summed E-state index contributed by atoms with van der Waals surface area (Å²) in [5.74, 6) is -0.0593. The van der Waals surface area contributed by atoms with E-state index in [-0.39, 0.29) is 11.9 Å². The maximum Gasteiger partial charge on any atom is 0.272 e. The Morgan fingerprint density at radius 3 is 2.41 bits per heavy atom. The normalized spacial score (nSPS) is 10.7. The van der Waals surface area contributed by atoms with Gasteiger partial charge in [0.1, 0.15) is 5.69 Å². The molecule has 27 heavy (non-hydrogen) atoms. The summed E-state index contributed by atoms with van der Waals surface area (Å²) in [6, 6.07) is 21.9. The molecule has 0 saturated heterocycles. The molecule has 3 rings (SSSR count). The maximum absolute atomic E-state index is 12.9. The molecular formula is C23H25N3O. The molecule has 4 heteroatoms. The first-order valence-electron chi connectivity index (χ1n) is 9.17. The second kappa shape index (κ2) is 8.49. The zero-order valence-corrected chi connectivity index (χ0v) is 16.0. The number of aryl methyl sites for hydroxylation is 1. The van der Waals surface area contributed by atoms with Crippen molar-refractivity contribution in [2.45, 2.75) is 33.4 Å². The summed E-state index contributed by atoms with van der Waals surface area (Å²) >= 11 is 0. The van der Waals surface area contributed by atoms with E-state index in [2.05, 4.69) is 29.4 Å². The van der Waals surface area contributed by atoms with Gasteiger partial charge >= 0.3 is 0 Å². The standard InChI is InChI=1S/C23H25N3O/c1-17(2)26(16-19-9-5-4-6-10-19)23(27)22-13-12-21(15-24-22)25-20-11-7-8-18(3)14-20/h4-15,17,25H,16H2,1-3H3. The van der Waals surface area contributed by atoms with Gasteiger partial charge in [0.15, 0.2) is 0 Å². The first kappa shape index (κ1) is 18.6. The second-order valence-electron chi connectivity index (χ2n) is 6.94. The quantitative estimate of drug-likeness (QED) is 0.659. The van der Waals surface area contributed by atoms with Gasteiger partial charge in [0.25, 0.3) is 5.91 Å². The van der Waals surface area contributed by atoms with Crippen molar-refractivity contribution in [2.75, 3.05) is 5.32 Å². The van der Waals surface area contributed by atoms with Crippen LogP contribution in [0.2, 0.25) is 0 Å². The topological polar surface area (TPSA) is 45.2 Å². The third kappa shape index (κ3) is 4.94. The maximum atomic E-state index is 12.9. The van der Waals surface area contributed by atoms with Crippen LogP contribution in [0.4, 0.5) is 11.4 Å². The molecule has 3 aromatic rings. The Morgan fingerprint density at radius 2 is 1.78 bits per heavy atom. The van der Waals surface area contributed by atoms with Crippen molar-refractivity contribution < 1.29 is 4.79 Å². The lowest BCUT2D eigenvalue weighted by Crippen LogP contribution is -2.36. The fourth-order valence-corrected chi connectivity index (χ4v) is 2.90. The largest absolute Gasteiger partial charge is 0.354 e. The number of amides is 1. The van der Waals surface area contributed by atoms with Gasteiger partial charge in [0.2, 0.25) is 0 Å². The molecule has 0 aliphatic rings. The molecule has 2 aromatic carbocycles. The molecule has 1 heterocycles. The minimum Gasteiger partial charge on any atom is -0.354 e. The van der Waals surface area contributed by atoms with Gasteiger partial charge in [-0.3, -0.25) is 4.79 Å². The van der Waals surface area contributed by atoms with Crippen molar-refractivity contribution in [3.8, 4) is 0 Å². The van der Waals surface area contributed by atoms with Crippen molar-refractivity contribution in [3.05, 3.63) is 89.7 Å². The van der Waals surface area contributed by atoms with E-state index >= 15 is 0 Å². The summed E-state index contributed by atoms with van der Waals surface area (Å²) in [6.45, 7) is 6.67. The summed E-state index contributed by atoms with van der Waals surface area (Å²) in [4.78, 5) is 19.2. The lowest BCUT2D eigenvalue weighted by molar-refractivity contribution is 0.0684. The molecule has 0 unspecified atom stereocenters. The molecule has 138 valence electrons. The number of anilines is 2. The first-order valence-corrected chi connectivity index (χ1v) is 9.17. The van der Waals surface area contributed by atoms with Crippen LogP contribution < -0.4 is 5.32 Å². The number of nitrogens with zero attached hydrogens (tertiary/aromatic N) is 2. The highest BCUT2D eigenvalue weighted by Gasteiger charge is 2.20. The molecule has 0 fully saturated rings. The number of nitrogens with one attached hydrogen (secondary N) is 1. The van der Waals surface area contributed by atoms with Crippen LogP contribution >= 0.6 is 0 Å². The molecule has 4 nitrogen and oxygen atoms in total. The number of rotatable bonds is 6. The van der Waals surface area contributed by atoms with Crippen LogP contribution in [0.5, 0.6) is 0 Å². The molecule has 0 spiro atoms. The van der Waals surface area contributed by atoms with Gasteiger partial charge in [-0.25, -0.2) is 4.98 Å². The lowest BCUT2D eigenvalue weighted by Gasteiger charge is -2.26. The average Bonchev–Trinajstić information content (AvgIpc) is 2.67. The van der Waals surface area contributed by atoms with E-state index in [4.69, 9.17) is 0 Å².